The van der Waals surface area contributed by atoms with Gasteiger partial charge in [0.1, 0.15) is 0 Å². The highest BCUT2D eigenvalue weighted by molar-refractivity contribution is 5.47. The van der Waals surface area contributed by atoms with Crippen molar-refractivity contribution in [2.75, 3.05) is 55.7 Å². The van der Waals surface area contributed by atoms with Crippen LogP contribution in [0.1, 0.15) is 81.1 Å². The summed E-state index contributed by atoms with van der Waals surface area (Å²) in [6.07, 6.45) is 4.00. The van der Waals surface area contributed by atoms with Gasteiger partial charge in [0.2, 0.25) is 11.9 Å². The van der Waals surface area contributed by atoms with Crippen molar-refractivity contribution in [1.82, 2.24) is 24.8 Å². The Balaban J connectivity index is 1.83. The molecule has 0 bridgehead atoms. The van der Waals surface area contributed by atoms with Gasteiger partial charge in [-0.1, -0.05) is 0 Å². The van der Waals surface area contributed by atoms with E-state index in [-0.39, 0.29) is 40.2 Å². The Morgan fingerprint density at radius 1 is 0.757 bits per heavy atom. The van der Waals surface area contributed by atoms with Crippen molar-refractivity contribution in [3.63, 3.8) is 0 Å². The summed E-state index contributed by atoms with van der Waals surface area (Å²) in [4.78, 5) is 24.1. The summed E-state index contributed by atoms with van der Waals surface area (Å²) >= 11 is 0. The maximum atomic E-state index is 9.91. The van der Waals surface area contributed by atoms with Crippen molar-refractivity contribution >= 4 is 17.8 Å². The van der Waals surface area contributed by atoms with Crippen LogP contribution < -0.4 is 15.3 Å². The van der Waals surface area contributed by atoms with Crippen LogP contribution in [0.3, 0.4) is 0 Å². The number of nitrogens with zero attached hydrogens (tertiary/aromatic N) is 7. The zero-order valence-electron chi connectivity index (χ0n) is 24.8. The summed E-state index contributed by atoms with van der Waals surface area (Å²) in [6, 6.07) is 0.486. The maximum Gasteiger partial charge on any atom is 0.253 e. The second kappa shape index (κ2) is 9.77. The van der Waals surface area contributed by atoms with Crippen molar-refractivity contribution in [2.45, 2.75) is 115 Å². The lowest BCUT2D eigenvalue weighted by atomic mass is 9.73. The molecular weight excluding hydrogens is 468 g/mol. The Kier molecular flexibility index (Phi) is 7.46. The summed E-state index contributed by atoms with van der Waals surface area (Å²) in [5, 5.41) is 9.91. The highest BCUT2D eigenvalue weighted by Gasteiger charge is 2.50. The molecule has 0 aliphatic carbocycles. The second-order valence-electron chi connectivity index (χ2n) is 13.9. The molecule has 3 saturated heterocycles. The van der Waals surface area contributed by atoms with Crippen molar-refractivity contribution in [2.24, 2.45) is 0 Å². The quantitative estimate of drug-likeness (QED) is 0.563. The molecule has 0 spiro atoms. The molecule has 210 valence electrons. The molecule has 10 heteroatoms. The molecule has 37 heavy (non-hydrogen) atoms. The maximum absolute atomic E-state index is 9.91. The predicted molar refractivity (Wildman–Crippen MR) is 149 cm³/mol. The molecule has 3 fully saturated rings. The minimum Gasteiger partial charge on any atom is -0.378 e. The number of rotatable bonds is 5. The van der Waals surface area contributed by atoms with Crippen LogP contribution in [0.5, 0.6) is 0 Å². The average Bonchev–Trinajstić information content (AvgIpc) is 2.81. The van der Waals surface area contributed by atoms with Gasteiger partial charge < -0.3 is 14.5 Å². The standard InChI is InChI=1S/C27H50N8O2/c1-24(2)15-19(16-25(3,4)32(24)9)35(20-17-26(5,6)33(10)27(7,8)18-20)23-29-21(31-36)28-22(30-23)34-11-13-37-14-12-34/h19-20,36H,11-18H2,1-10H3,(H,28,29,30,31). The van der Waals surface area contributed by atoms with Crippen LogP contribution in [-0.2, 0) is 4.74 Å². The molecule has 0 unspecified atom stereocenters. The van der Waals surface area contributed by atoms with Crippen molar-refractivity contribution < 1.29 is 9.94 Å². The Labute approximate surface area is 223 Å². The normalized spacial score (nSPS) is 26.7. The third kappa shape index (κ3) is 5.53. The molecule has 0 saturated carbocycles. The van der Waals surface area contributed by atoms with Crippen LogP contribution >= 0.6 is 0 Å². The van der Waals surface area contributed by atoms with E-state index in [0.717, 1.165) is 38.8 Å². The summed E-state index contributed by atoms with van der Waals surface area (Å²) in [5.74, 6) is 1.43. The monoisotopic (exact) mass is 518 g/mol. The van der Waals surface area contributed by atoms with Gasteiger partial charge in [-0.05, 0) is 95.2 Å². The molecule has 3 aliphatic rings. The highest BCUT2D eigenvalue weighted by atomic mass is 16.5. The SMILES string of the molecule is CN1C(C)(C)CC(N(c2nc(NO)nc(N3CCOCC3)n2)C2CC(C)(C)N(C)C(C)(C)C2)CC1(C)C. The molecule has 4 heterocycles. The second-order valence-corrected chi connectivity index (χ2v) is 13.9. The molecule has 0 amide bonds. The Morgan fingerprint density at radius 2 is 1.19 bits per heavy atom. The first kappa shape index (κ1) is 28.3. The van der Waals surface area contributed by atoms with Gasteiger partial charge in [0.05, 0.1) is 13.2 Å². The minimum atomic E-state index is 0.0132. The third-order valence-electron chi connectivity index (χ3n) is 9.60. The van der Waals surface area contributed by atoms with Crippen LogP contribution in [0.4, 0.5) is 17.8 Å². The van der Waals surface area contributed by atoms with Gasteiger partial charge in [0.15, 0.2) is 0 Å². The van der Waals surface area contributed by atoms with Gasteiger partial charge >= 0.3 is 0 Å². The Morgan fingerprint density at radius 3 is 1.59 bits per heavy atom. The Hall–Kier alpha value is -1.75. The molecular formula is C27H50N8O2. The van der Waals surface area contributed by atoms with Gasteiger partial charge in [-0.3, -0.25) is 15.0 Å². The first-order valence-corrected chi connectivity index (χ1v) is 13.8. The molecule has 3 aliphatic heterocycles. The lowest BCUT2D eigenvalue weighted by Gasteiger charge is -2.60. The number of hydrogen-bond acceptors (Lipinski definition) is 10. The molecule has 10 nitrogen and oxygen atoms in total. The number of ether oxygens (including phenoxy) is 1. The van der Waals surface area contributed by atoms with Crippen LogP contribution in [0, 0.1) is 0 Å². The van der Waals surface area contributed by atoms with E-state index in [1.807, 2.05) is 0 Å². The van der Waals surface area contributed by atoms with Crippen molar-refractivity contribution in [1.29, 1.82) is 0 Å². The van der Waals surface area contributed by atoms with E-state index in [2.05, 4.69) is 99.5 Å². The van der Waals surface area contributed by atoms with E-state index in [1.54, 1.807) is 0 Å². The van der Waals surface area contributed by atoms with Gasteiger partial charge in [-0.25, -0.2) is 5.48 Å². The van der Waals surface area contributed by atoms with Crippen LogP contribution in [0.15, 0.2) is 0 Å². The number of anilines is 3. The molecule has 2 N–H and O–H groups in total. The van der Waals surface area contributed by atoms with E-state index in [1.165, 1.54) is 0 Å². The van der Waals surface area contributed by atoms with Gasteiger partial charge in [0, 0.05) is 47.3 Å². The van der Waals surface area contributed by atoms with E-state index < -0.39 is 0 Å². The summed E-state index contributed by atoms with van der Waals surface area (Å²) in [5.41, 5.74) is 2.28. The fourth-order valence-electron chi connectivity index (χ4n) is 7.08. The van der Waals surface area contributed by atoms with E-state index in [0.29, 0.717) is 25.1 Å². The number of likely N-dealkylation sites (tertiary alicyclic amines) is 2. The molecule has 1 aromatic heterocycles. The Bertz CT molecular complexity index is 882. The van der Waals surface area contributed by atoms with E-state index in [4.69, 9.17) is 14.7 Å². The lowest BCUT2D eigenvalue weighted by molar-refractivity contribution is -0.0314. The van der Waals surface area contributed by atoms with Crippen molar-refractivity contribution in [3.8, 4) is 0 Å². The first-order chi connectivity index (χ1) is 17.1. The molecule has 0 atom stereocenters. The fraction of sp³-hybridized carbons (Fsp3) is 0.889. The number of morpholine rings is 1. The number of nitrogens with one attached hydrogen (secondary N) is 1. The first-order valence-electron chi connectivity index (χ1n) is 13.8. The van der Waals surface area contributed by atoms with E-state index in [9.17, 15) is 5.21 Å². The molecule has 0 aromatic carbocycles. The smallest absolute Gasteiger partial charge is 0.253 e. The van der Waals surface area contributed by atoms with Gasteiger partial charge in [-0.15, -0.1) is 0 Å². The number of hydrogen-bond donors (Lipinski definition) is 2. The molecule has 4 rings (SSSR count). The zero-order chi connectivity index (χ0) is 27.4. The molecule has 1 aromatic rings. The summed E-state index contributed by atoms with van der Waals surface area (Å²) < 4.78 is 5.56. The predicted octanol–water partition coefficient (Wildman–Crippen LogP) is 3.62. The number of piperidine rings is 2. The van der Waals surface area contributed by atoms with Gasteiger partial charge in [0.25, 0.3) is 5.95 Å². The van der Waals surface area contributed by atoms with Crippen LogP contribution in [-0.4, -0.2) is 105 Å². The molecule has 0 radical (unpaired) electrons. The highest BCUT2D eigenvalue weighted by Crippen LogP contribution is 2.45. The average molecular weight is 519 g/mol. The van der Waals surface area contributed by atoms with Crippen LogP contribution in [0.2, 0.25) is 0 Å². The zero-order valence-corrected chi connectivity index (χ0v) is 24.8. The fourth-order valence-corrected chi connectivity index (χ4v) is 7.08. The number of aromatic nitrogens is 3. The van der Waals surface area contributed by atoms with Gasteiger partial charge in [-0.2, -0.15) is 15.0 Å². The minimum absolute atomic E-state index is 0.0132. The van der Waals surface area contributed by atoms with Crippen LogP contribution in [0.25, 0.3) is 0 Å². The lowest BCUT2D eigenvalue weighted by Crippen LogP contribution is -2.67. The van der Waals surface area contributed by atoms with Crippen molar-refractivity contribution in [3.05, 3.63) is 0 Å². The topological polar surface area (TPSA) is 93.1 Å². The summed E-state index contributed by atoms with van der Waals surface area (Å²) in [6.45, 7) is 21.5. The largest absolute Gasteiger partial charge is 0.378 e. The van der Waals surface area contributed by atoms with E-state index >= 15 is 0 Å². The summed E-state index contributed by atoms with van der Waals surface area (Å²) in [7, 11) is 4.49. The third-order valence-corrected chi connectivity index (χ3v) is 9.60.